The third-order valence-corrected chi connectivity index (χ3v) is 3.90. The highest BCUT2D eigenvalue weighted by atomic mass is 32.1. The molecule has 1 N–H and O–H groups in total. The molecule has 1 heterocycles. The van der Waals surface area contributed by atoms with Crippen LogP contribution in [0, 0.1) is 5.92 Å². The van der Waals surface area contributed by atoms with Crippen LogP contribution in [0.3, 0.4) is 0 Å². The van der Waals surface area contributed by atoms with E-state index >= 15 is 0 Å². The van der Waals surface area contributed by atoms with E-state index in [1.54, 1.807) is 18.4 Å². The lowest BCUT2D eigenvalue weighted by molar-refractivity contribution is 0.181. The van der Waals surface area contributed by atoms with Gasteiger partial charge >= 0.3 is 0 Å². The highest BCUT2D eigenvalue weighted by Gasteiger charge is 2.14. The number of hydrogen-bond acceptors (Lipinski definition) is 5. The van der Waals surface area contributed by atoms with Crippen molar-refractivity contribution in [3.63, 3.8) is 0 Å². The van der Waals surface area contributed by atoms with Crippen LogP contribution in [0.25, 0.3) is 0 Å². The Hall–Kier alpha value is -0.650. The van der Waals surface area contributed by atoms with Gasteiger partial charge in [-0.3, -0.25) is 0 Å². The number of methoxy groups -OCH3 is 1. The van der Waals surface area contributed by atoms with E-state index in [0.717, 1.165) is 23.9 Å². The minimum atomic E-state index is 0.481. The van der Waals surface area contributed by atoms with E-state index in [2.05, 4.69) is 45.0 Å². The van der Waals surface area contributed by atoms with Crippen LogP contribution in [0.1, 0.15) is 38.3 Å². The van der Waals surface area contributed by atoms with Crippen molar-refractivity contribution in [2.24, 2.45) is 5.92 Å². The number of aromatic nitrogens is 1. The molecule has 0 unspecified atom stereocenters. The monoisotopic (exact) mass is 285 g/mol. The molecular weight excluding hydrogens is 258 g/mol. The van der Waals surface area contributed by atoms with Crippen LogP contribution in [-0.4, -0.2) is 31.7 Å². The first-order chi connectivity index (χ1) is 8.93. The Morgan fingerprint density at radius 2 is 2.00 bits per heavy atom. The van der Waals surface area contributed by atoms with Crippen molar-refractivity contribution < 1.29 is 4.74 Å². The molecule has 0 aliphatic carbocycles. The molecule has 0 radical (unpaired) electrons. The first-order valence-electron chi connectivity index (χ1n) is 6.86. The molecule has 1 rings (SSSR count). The Morgan fingerprint density at radius 1 is 1.32 bits per heavy atom. The Balaban J connectivity index is 2.80. The Labute approximate surface area is 121 Å². The number of thiazole rings is 1. The summed E-state index contributed by atoms with van der Waals surface area (Å²) >= 11 is 1.76. The molecule has 19 heavy (non-hydrogen) atoms. The predicted molar refractivity (Wildman–Crippen MR) is 82.9 cm³/mol. The number of rotatable bonds is 8. The molecule has 0 amide bonds. The van der Waals surface area contributed by atoms with Crippen molar-refractivity contribution in [2.75, 3.05) is 25.6 Å². The van der Waals surface area contributed by atoms with Gasteiger partial charge < -0.3 is 15.0 Å². The van der Waals surface area contributed by atoms with Gasteiger partial charge in [-0.05, 0) is 5.92 Å². The molecule has 0 aromatic carbocycles. The van der Waals surface area contributed by atoms with Crippen molar-refractivity contribution in [1.29, 1.82) is 0 Å². The first kappa shape index (κ1) is 16.4. The number of nitrogens with one attached hydrogen (secondary N) is 1. The third-order valence-electron chi connectivity index (χ3n) is 2.68. The summed E-state index contributed by atoms with van der Waals surface area (Å²) in [5.74, 6) is 0.636. The van der Waals surface area contributed by atoms with E-state index in [9.17, 15) is 0 Å². The van der Waals surface area contributed by atoms with Crippen molar-refractivity contribution in [3.05, 3.63) is 10.6 Å². The molecular formula is C14H27N3OS. The summed E-state index contributed by atoms with van der Waals surface area (Å²) in [7, 11) is 3.82. The summed E-state index contributed by atoms with van der Waals surface area (Å²) < 4.78 is 5.25. The highest BCUT2D eigenvalue weighted by Crippen LogP contribution is 2.26. The Bertz CT molecular complexity index is 377. The fraction of sp³-hybridized carbons (Fsp3) is 0.786. The maximum Gasteiger partial charge on any atom is 0.185 e. The van der Waals surface area contributed by atoms with Gasteiger partial charge in [-0.1, -0.05) is 27.7 Å². The molecule has 5 heteroatoms. The van der Waals surface area contributed by atoms with E-state index in [1.165, 1.54) is 4.88 Å². The van der Waals surface area contributed by atoms with Crippen molar-refractivity contribution in [3.8, 4) is 0 Å². The standard InChI is InChI=1S/C14H27N3OS/c1-10(2)8-17(5)14-16-12(9-18-6)13(19-14)7-15-11(3)4/h10-11,15H,7-9H2,1-6H3. The number of anilines is 1. The lowest BCUT2D eigenvalue weighted by atomic mass is 10.2. The van der Waals surface area contributed by atoms with E-state index in [-0.39, 0.29) is 0 Å². The molecule has 0 aliphatic rings. The second-order valence-electron chi connectivity index (χ2n) is 5.61. The van der Waals surface area contributed by atoms with Crippen LogP contribution in [0.4, 0.5) is 5.13 Å². The molecule has 0 spiro atoms. The molecule has 110 valence electrons. The number of ether oxygens (including phenoxy) is 1. The van der Waals surface area contributed by atoms with E-state index in [1.807, 2.05) is 0 Å². The van der Waals surface area contributed by atoms with Gasteiger partial charge in [-0.2, -0.15) is 0 Å². The molecule has 4 nitrogen and oxygen atoms in total. The van der Waals surface area contributed by atoms with Gasteiger partial charge in [0, 0.05) is 38.2 Å². The number of hydrogen-bond donors (Lipinski definition) is 1. The van der Waals surface area contributed by atoms with Crippen LogP contribution in [-0.2, 0) is 17.9 Å². The van der Waals surface area contributed by atoms with Crippen LogP contribution in [0.2, 0.25) is 0 Å². The van der Waals surface area contributed by atoms with E-state index < -0.39 is 0 Å². The fourth-order valence-corrected chi connectivity index (χ4v) is 2.83. The molecule has 0 aliphatic heterocycles. The molecule has 1 aromatic heterocycles. The summed E-state index contributed by atoms with van der Waals surface area (Å²) in [6.45, 7) is 11.2. The smallest absolute Gasteiger partial charge is 0.185 e. The summed E-state index contributed by atoms with van der Waals surface area (Å²) in [4.78, 5) is 8.22. The predicted octanol–water partition coefficient (Wildman–Crippen LogP) is 2.88. The van der Waals surface area contributed by atoms with Gasteiger partial charge in [0.15, 0.2) is 5.13 Å². The zero-order valence-corrected chi connectivity index (χ0v) is 13.8. The van der Waals surface area contributed by atoms with Gasteiger partial charge in [0.25, 0.3) is 0 Å². The minimum absolute atomic E-state index is 0.481. The maximum absolute atomic E-state index is 5.25. The van der Waals surface area contributed by atoms with E-state index in [0.29, 0.717) is 18.6 Å². The van der Waals surface area contributed by atoms with Crippen LogP contribution >= 0.6 is 11.3 Å². The van der Waals surface area contributed by atoms with Gasteiger partial charge in [0.2, 0.25) is 0 Å². The topological polar surface area (TPSA) is 37.4 Å². The molecule has 0 saturated heterocycles. The molecule has 1 aromatic rings. The molecule has 0 fully saturated rings. The van der Waals surface area contributed by atoms with Gasteiger partial charge in [0.05, 0.1) is 12.3 Å². The van der Waals surface area contributed by atoms with Crippen LogP contribution in [0.15, 0.2) is 0 Å². The largest absolute Gasteiger partial charge is 0.378 e. The third kappa shape index (κ3) is 5.47. The number of nitrogens with zero attached hydrogens (tertiary/aromatic N) is 2. The zero-order valence-electron chi connectivity index (χ0n) is 13.0. The summed E-state index contributed by atoms with van der Waals surface area (Å²) in [6, 6.07) is 0.481. The summed E-state index contributed by atoms with van der Waals surface area (Å²) in [5, 5.41) is 4.53. The second kappa shape index (κ2) is 7.82. The quantitative estimate of drug-likeness (QED) is 0.797. The van der Waals surface area contributed by atoms with Crippen molar-refractivity contribution in [1.82, 2.24) is 10.3 Å². The lowest BCUT2D eigenvalue weighted by Crippen LogP contribution is -2.22. The minimum Gasteiger partial charge on any atom is -0.378 e. The summed E-state index contributed by atoms with van der Waals surface area (Å²) in [6.07, 6.45) is 0. The normalized spacial score (nSPS) is 11.6. The van der Waals surface area contributed by atoms with Gasteiger partial charge in [-0.25, -0.2) is 4.98 Å². The average Bonchev–Trinajstić information content (AvgIpc) is 2.69. The zero-order chi connectivity index (χ0) is 14.4. The second-order valence-corrected chi connectivity index (χ2v) is 6.67. The van der Waals surface area contributed by atoms with Gasteiger partial charge in [-0.15, -0.1) is 11.3 Å². The highest BCUT2D eigenvalue weighted by molar-refractivity contribution is 7.15. The lowest BCUT2D eigenvalue weighted by Gasteiger charge is -2.17. The van der Waals surface area contributed by atoms with Crippen LogP contribution in [0.5, 0.6) is 0 Å². The molecule has 0 atom stereocenters. The van der Waals surface area contributed by atoms with E-state index in [4.69, 9.17) is 9.72 Å². The Morgan fingerprint density at radius 3 is 2.53 bits per heavy atom. The van der Waals surface area contributed by atoms with Crippen molar-refractivity contribution >= 4 is 16.5 Å². The first-order valence-corrected chi connectivity index (χ1v) is 7.67. The van der Waals surface area contributed by atoms with Crippen LogP contribution < -0.4 is 10.2 Å². The van der Waals surface area contributed by atoms with Crippen molar-refractivity contribution in [2.45, 2.75) is 46.9 Å². The summed E-state index contributed by atoms with van der Waals surface area (Å²) in [5.41, 5.74) is 1.06. The average molecular weight is 285 g/mol. The maximum atomic E-state index is 5.25. The van der Waals surface area contributed by atoms with Gasteiger partial charge in [0.1, 0.15) is 0 Å². The fourth-order valence-electron chi connectivity index (χ4n) is 1.84. The molecule has 0 bridgehead atoms. The Kier molecular flexibility index (Phi) is 6.75. The molecule has 0 saturated carbocycles. The SMILES string of the molecule is COCc1nc(N(C)CC(C)C)sc1CNC(C)C.